The van der Waals surface area contributed by atoms with Crippen LogP contribution in [0.25, 0.3) is 21.2 Å². The summed E-state index contributed by atoms with van der Waals surface area (Å²) in [6, 6.07) is 17.2. The van der Waals surface area contributed by atoms with Crippen LogP contribution in [-0.2, 0) is 11.3 Å². The van der Waals surface area contributed by atoms with E-state index < -0.39 is 0 Å². The first kappa shape index (κ1) is 30.0. The number of nitrogens with zero attached hydrogens (tertiary/aromatic N) is 2. The number of ether oxygens (including phenoxy) is 1. The Kier molecular flexibility index (Phi) is 9.16. The summed E-state index contributed by atoms with van der Waals surface area (Å²) in [4.78, 5) is 29.3. The fourth-order valence-electron chi connectivity index (χ4n) is 5.81. The van der Waals surface area contributed by atoms with E-state index in [2.05, 4.69) is 5.32 Å². The molecule has 0 spiro atoms. The molecule has 0 unspecified atom stereocenters. The van der Waals surface area contributed by atoms with Crippen molar-refractivity contribution in [3.8, 4) is 16.9 Å². The molecule has 1 aliphatic carbocycles. The first-order valence-electron chi connectivity index (χ1n) is 14.1. The maximum Gasteiger partial charge on any atom is 0.266 e. The molecule has 1 saturated carbocycles. The number of carbonyl (C=O) groups excluding carboxylic acids is 2. The molecule has 1 aromatic heterocycles. The second kappa shape index (κ2) is 12.8. The monoisotopic (exact) mass is 607 g/mol. The molecule has 5 rings (SSSR count). The lowest BCUT2D eigenvalue weighted by Crippen LogP contribution is -2.44. The SMILES string of the molecule is CNC1CCC(N(Cc2cc(-c3ccc(N(C)C=O)cc3)ccc2OC)C(=O)c2sc3c(F)ccc(C)c3c2Cl)CC1. The summed E-state index contributed by atoms with van der Waals surface area (Å²) >= 11 is 7.93. The number of hydrogen-bond acceptors (Lipinski definition) is 5. The molecule has 3 aromatic carbocycles. The van der Waals surface area contributed by atoms with Gasteiger partial charge in [0.25, 0.3) is 5.91 Å². The largest absolute Gasteiger partial charge is 0.496 e. The third kappa shape index (κ3) is 5.89. The maximum absolute atomic E-state index is 14.8. The van der Waals surface area contributed by atoms with E-state index >= 15 is 0 Å². The fraction of sp³-hybridized carbons (Fsp3) is 0.333. The maximum atomic E-state index is 14.8. The summed E-state index contributed by atoms with van der Waals surface area (Å²) in [6.45, 7) is 2.20. The lowest BCUT2D eigenvalue weighted by Gasteiger charge is -2.37. The zero-order valence-corrected chi connectivity index (χ0v) is 25.8. The second-order valence-electron chi connectivity index (χ2n) is 10.8. The summed E-state index contributed by atoms with van der Waals surface area (Å²) < 4.78 is 20.9. The van der Waals surface area contributed by atoms with E-state index in [0.29, 0.717) is 38.3 Å². The third-order valence-electron chi connectivity index (χ3n) is 8.33. The Morgan fingerprint density at radius 3 is 2.40 bits per heavy atom. The van der Waals surface area contributed by atoms with Crippen LogP contribution in [0.1, 0.15) is 46.5 Å². The van der Waals surface area contributed by atoms with Gasteiger partial charge >= 0.3 is 0 Å². The molecule has 1 N–H and O–H groups in total. The summed E-state index contributed by atoms with van der Waals surface area (Å²) in [5.41, 5.74) is 4.45. The van der Waals surface area contributed by atoms with Gasteiger partial charge in [0.15, 0.2) is 0 Å². The molecule has 220 valence electrons. The van der Waals surface area contributed by atoms with Crippen molar-refractivity contribution in [2.75, 3.05) is 26.1 Å². The smallest absolute Gasteiger partial charge is 0.266 e. The van der Waals surface area contributed by atoms with Gasteiger partial charge in [-0.3, -0.25) is 9.59 Å². The number of rotatable bonds is 9. The molecular weight excluding hydrogens is 573 g/mol. The molecule has 0 saturated heterocycles. The van der Waals surface area contributed by atoms with Gasteiger partial charge < -0.3 is 19.9 Å². The van der Waals surface area contributed by atoms with Gasteiger partial charge in [0, 0.05) is 42.3 Å². The number of thiophene rings is 1. The number of nitrogens with one attached hydrogen (secondary N) is 1. The Morgan fingerprint density at radius 1 is 1.10 bits per heavy atom. The predicted octanol–water partition coefficient (Wildman–Crippen LogP) is 7.44. The Bertz CT molecular complexity index is 1600. The molecule has 1 fully saturated rings. The van der Waals surface area contributed by atoms with Crippen LogP contribution in [0.3, 0.4) is 0 Å². The Balaban J connectivity index is 1.53. The first-order chi connectivity index (χ1) is 20.2. The zero-order valence-electron chi connectivity index (χ0n) is 24.2. The summed E-state index contributed by atoms with van der Waals surface area (Å²) in [5, 5.41) is 4.28. The van der Waals surface area contributed by atoms with E-state index in [0.717, 1.165) is 71.4 Å². The Hall–Kier alpha value is -3.46. The van der Waals surface area contributed by atoms with Gasteiger partial charge in [-0.05, 0) is 86.7 Å². The van der Waals surface area contributed by atoms with Crippen LogP contribution in [0, 0.1) is 12.7 Å². The number of carbonyl (C=O) groups is 2. The van der Waals surface area contributed by atoms with Crippen LogP contribution in [0.4, 0.5) is 10.1 Å². The number of hydrogen-bond donors (Lipinski definition) is 1. The van der Waals surface area contributed by atoms with Crippen LogP contribution in [0.5, 0.6) is 5.75 Å². The molecule has 9 heteroatoms. The van der Waals surface area contributed by atoms with Crippen molar-refractivity contribution in [1.29, 1.82) is 0 Å². The van der Waals surface area contributed by atoms with Crippen molar-refractivity contribution in [3.63, 3.8) is 0 Å². The molecule has 0 atom stereocenters. The lowest BCUT2D eigenvalue weighted by atomic mass is 9.89. The number of anilines is 1. The zero-order chi connectivity index (χ0) is 30.0. The molecule has 0 bridgehead atoms. The van der Waals surface area contributed by atoms with Crippen molar-refractivity contribution in [2.24, 2.45) is 0 Å². The van der Waals surface area contributed by atoms with Crippen molar-refractivity contribution in [1.82, 2.24) is 10.2 Å². The van der Waals surface area contributed by atoms with Gasteiger partial charge in [0.05, 0.1) is 16.8 Å². The van der Waals surface area contributed by atoms with E-state index in [1.54, 1.807) is 20.2 Å². The second-order valence-corrected chi connectivity index (χ2v) is 12.2. The van der Waals surface area contributed by atoms with Crippen LogP contribution < -0.4 is 15.0 Å². The van der Waals surface area contributed by atoms with E-state index in [-0.39, 0.29) is 17.8 Å². The van der Waals surface area contributed by atoms with E-state index in [1.807, 2.05) is 61.3 Å². The minimum absolute atomic E-state index is 0.000784. The van der Waals surface area contributed by atoms with E-state index in [9.17, 15) is 14.0 Å². The van der Waals surface area contributed by atoms with Crippen LogP contribution >= 0.6 is 22.9 Å². The fourth-order valence-corrected chi connectivity index (χ4v) is 7.44. The number of benzene rings is 3. The number of fused-ring (bicyclic) bond motifs is 1. The van der Waals surface area contributed by atoms with Gasteiger partial charge in [-0.1, -0.05) is 35.9 Å². The quantitative estimate of drug-likeness (QED) is 0.201. The predicted molar refractivity (Wildman–Crippen MR) is 169 cm³/mol. The van der Waals surface area contributed by atoms with Crippen LogP contribution in [-0.4, -0.2) is 50.5 Å². The molecule has 1 aliphatic rings. The molecule has 6 nitrogen and oxygen atoms in total. The lowest BCUT2D eigenvalue weighted by molar-refractivity contribution is -0.107. The van der Waals surface area contributed by atoms with Crippen molar-refractivity contribution < 1.29 is 18.7 Å². The Morgan fingerprint density at radius 2 is 1.79 bits per heavy atom. The average Bonchev–Trinajstić information content (AvgIpc) is 3.39. The van der Waals surface area contributed by atoms with Crippen molar-refractivity contribution in [3.05, 3.63) is 81.4 Å². The highest BCUT2D eigenvalue weighted by Crippen LogP contribution is 2.41. The van der Waals surface area contributed by atoms with Crippen molar-refractivity contribution in [2.45, 2.75) is 51.2 Å². The molecule has 1 heterocycles. The molecule has 2 amide bonds. The van der Waals surface area contributed by atoms with Crippen molar-refractivity contribution >= 4 is 51.0 Å². The summed E-state index contributed by atoms with van der Waals surface area (Å²) in [5.74, 6) is 0.117. The minimum Gasteiger partial charge on any atom is -0.496 e. The summed E-state index contributed by atoms with van der Waals surface area (Å²) in [6.07, 6.45) is 4.38. The minimum atomic E-state index is -0.373. The molecule has 4 aromatic rings. The van der Waals surface area contributed by atoms with Gasteiger partial charge in [-0.25, -0.2) is 4.39 Å². The normalized spacial score (nSPS) is 16.8. The highest BCUT2D eigenvalue weighted by Gasteiger charge is 2.32. The molecule has 42 heavy (non-hydrogen) atoms. The van der Waals surface area contributed by atoms with E-state index in [4.69, 9.17) is 16.3 Å². The number of halogens is 2. The molecule has 0 aliphatic heterocycles. The number of aryl methyl sites for hydroxylation is 1. The van der Waals surface area contributed by atoms with Crippen LogP contribution in [0.2, 0.25) is 5.02 Å². The third-order valence-corrected chi connectivity index (χ3v) is 10.0. The number of methoxy groups -OCH3 is 1. The highest BCUT2D eigenvalue weighted by molar-refractivity contribution is 7.21. The van der Waals surface area contributed by atoms with E-state index in [1.165, 1.54) is 11.0 Å². The standard InChI is InChI=1S/C33H35ClFN3O3S/c1-20-5-15-27(35)31-29(20)30(34)32(42-31)33(40)38(26-13-9-24(36-2)10-14-26)18-23-17-22(8-16-28(23)41-4)21-6-11-25(12-7-21)37(3)19-39/h5-8,11-12,15-17,19,24,26,36H,9-10,13-14,18H2,1-4H3. The van der Waals surface area contributed by atoms with Gasteiger partial charge in [-0.15, -0.1) is 11.3 Å². The van der Waals surface area contributed by atoms with Gasteiger partial charge in [-0.2, -0.15) is 0 Å². The van der Waals surface area contributed by atoms with Gasteiger partial charge in [0.1, 0.15) is 16.4 Å². The highest BCUT2D eigenvalue weighted by atomic mass is 35.5. The van der Waals surface area contributed by atoms with Gasteiger partial charge in [0.2, 0.25) is 6.41 Å². The molecule has 0 radical (unpaired) electrons. The van der Waals surface area contributed by atoms with Crippen LogP contribution in [0.15, 0.2) is 54.6 Å². The Labute approximate surface area is 255 Å². The summed E-state index contributed by atoms with van der Waals surface area (Å²) in [7, 11) is 5.31. The molecular formula is C33H35ClFN3O3S. The average molecular weight is 608 g/mol. The number of amides is 2. The topological polar surface area (TPSA) is 61.9 Å². The first-order valence-corrected chi connectivity index (χ1v) is 15.3.